The number of imidazole rings is 1. The molecule has 0 unspecified atom stereocenters. The molecule has 0 spiro atoms. The number of hydrogen-bond donors (Lipinski definition) is 12. The quantitative estimate of drug-likeness (QED) is 0.0254. The number of phenols is 1. The van der Waals surface area contributed by atoms with E-state index in [1.165, 1.54) is 41.3 Å². The second-order valence-electron chi connectivity index (χ2n) is 18.0. The van der Waals surface area contributed by atoms with E-state index in [4.69, 9.17) is 11.5 Å². The van der Waals surface area contributed by atoms with Crippen LogP contribution < -0.4 is 48.7 Å². The maximum Gasteiger partial charge on any atom is 0.326 e. The minimum absolute atomic E-state index is 0.0346. The van der Waals surface area contributed by atoms with Crippen LogP contribution >= 0.6 is 11.8 Å². The number of carbonyl (C=O) groups is 8. The van der Waals surface area contributed by atoms with Crippen LogP contribution in [0.4, 0.5) is 0 Å². The van der Waals surface area contributed by atoms with E-state index in [0.29, 0.717) is 29.9 Å². The van der Waals surface area contributed by atoms with Crippen LogP contribution in [0.1, 0.15) is 84.4 Å². The van der Waals surface area contributed by atoms with Crippen molar-refractivity contribution in [1.82, 2.24) is 52.1 Å². The predicted molar refractivity (Wildman–Crippen MR) is 264 cm³/mol. The SMILES string of the molecule is CCCSC[C@H](NC(=O)[C@H](Cc1ccc(O)cc1)NC(=O)[C@@H](NC(=O)[C@H](CCCN=C(N)N)NC(=O)CNC)C(C)C)C(=O)N[C@@H](Cc1cnc[nH]1)C(=O)N1CCC[C@H]1C(=O)N[C@@H](CC(C)C)C(=O)O. The summed E-state index contributed by atoms with van der Waals surface area (Å²) in [6, 6.07) is -2.35. The van der Waals surface area contributed by atoms with Gasteiger partial charge in [-0.1, -0.05) is 46.8 Å². The number of aliphatic carboxylic acids is 1. The fourth-order valence-electron chi connectivity index (χ4n) is 7.66. The average Bonchev–Trinajstić information content (AvgIpc) is 4.01. The van der Waals surface area contributed by atoms with Gasteiger partial charge in [0.15, 0.2) is 5.96 Å². The molecule has 2 heterocycles. The lowest BCUT2D eigenvalue weighted by Crippen LogP contribution is -2.61. The molecule has 24 heteroatoms. The molecule has 0 saturated carbocycles. The van der Waals surface area contributed by atoms with Crippen molar-refractivity contribution in [3.63, 3.8) is 0 Å². The second-order valence-corrected chi connectivity index (χ2v) is 19.1. The molecular formula is C46H73N13O10S. The van der Waals surface area contributed by atoms with Crippen LogP contribution in [0.15, 0.2) is 41.8 Å². The number of likely N-dealkylation sites (tertiary alicyclic amines) is 1. The van der Waals surface area contributed by atoms with Crippen molar-refractivity contribution in [2.45, 2.75) is 128 Å². The molecule has 0 aliphatic carbocycles. The molecule has 1 fully saturated rings. The summed E-state index contributed by atoms with van der Waals surface area (Å²) in [4.78, 5) is 122. The number of aromatic amines is 1. The van der Waals surface area contributed by atoms with Crippen molar-refractivity contribution < 1.29 is 48.6 Å². The second kappa shape index (κ2) is 29.6. The van der Waals surface area contributed by atoms with Crippen molar-refractivity contribution in [3.8, 4) is 5.75 Å². The highest BCUT2D eigenvalue weighted by Crippen LogP contribution is 2.21. The Morgan fingerprint density at radius 3 is 2.11 bits per heavy atom. The number of carboxylic acids is 1. The highest BCUT2D eigenvalue weighted by Gasteiger charge is 2.40. The van der Waals surface area contributed by atoms with Crippen LogP contribution in [0, 0.1) is 11.8 Å². The van der Waals surface area contributed by atoms with E-state index in [0.717, 1.165) is 6.42 Å². The minimum Gasteiger partial charge on any atom is -0.508 e. The van der Waals surface area contributed by atoms with E-state index in [-0.39, 0.29) is 75.1 Å². The van der Waals surface area contributed by atoms with Crippen LogP contribution in [0.25, 0.3) is 0 Å². The van der Waals surface area contributed by atoms with E-state index in [9.17, 15) is 48.6 Å². The Labute approximate surface area is 413 Å². The van der Waals surface area contributed by atoms with Crippen LogP contribution in [0.2, 0.25) is 0 Å². The van der Waals surface area contributed by atoms with Gasteiger partial charge in [0.25, 0.3) is 0 Å². The van der Waals surface area contributed by atoms with Crippen molar-refractivity contribution in [2.75, 3.05) is 38.2 Å². The maximum atomic E-state index is 14.5. The number of H-pyrrole nitrogens is 1. The van der Waals surface area contributed by atoms with Gasteiger partial charge in [-0.15, -0.1) is 0 Å². The number of nitrogens with two attached hydrogens (primary N) is 2. The normalized spacial score (nSPS) is 15.9. The Kier molecular flexibility index (Phi) is 24.4. The Morgan fingerprint density at radius 2 is 1.51 bits per heavy atom. The number of likely N-dealkylation sites (N-methyl/N-ethyl adjacent to an activating group) is 1. The summed E-state index contributed by atoms with van der Waals surface area (Å²) in [6.45, 7) is 9.26. The molecule has 23 nitrogen and oxygen atoms in total. The van der Waals surface area contributed by atoms with Gasteiger partial charge < -0.3 is 68.8 Å². The Morgan fingerprint density at radius 1 is 0.857 bits per heavy atom. The molecule has 70 heavy (non-hydrogen) atoms. The number of amides is 7. The number of nitrogens with one attached hydrogen (secondary N) is 8. The number of aromatic hydroxyl groups is 1. The summed E-state index contributed by atoms with van der Waals surface area (Å²) < 4.78 is 0. The highest BCUT2D eigenvalue weighted by atomic mass is 32.2. The van der Waals surface area contributed by atoms with Crippen molar-refractivity contribution >= 4 is 65.0 Å². The summed E-state index contributed by atoms with van der Waals surface area (Å²) >= 11 is 1.38. The van der Waals surface area contributed by atoms with Gasteiger partial charge >= 0.3 is 5.97 Å². The van der Waals surface area contributed by atoms with Gasteiger partial charge in [0.2, 0.25) is 41.4 Å². The number of thioether (sulfide) groups is 1. The van der Waals surface area contributed by atoms with Crippen LogP contribution in [0.3, 0.4) is 0 Å². The number of guanidine groups is 1. The van der Waals surface area contributed by atoms with Crippen molar-refractivity contribution in [2.24, 2.45) is 28.3 Å². The van der Waals surface area contributed by atoms with Crippen molar-refractivity contribution in [3.05, 3.63) is 48.0 Å². The monoisotopic (exact) mass is 1000 g/mol. The smallest absolute Gasteiger partial charge is 0.326 e. The van der Waals surface area contributed by atoms with Crippen LogP contribution in [0.5, 0.6) is 5.75 Å². The minimum atomic E-state index is -1.34. The summed E-state index contributed by atoms with van der Waals surface area (Å²) in [5.41, 5.74) is 11.9. The average molecular weight is 1000 g/mol. The summed E-state index contributed by atoms with van der Waals surface area (Å²) in [5.74, 6) is -5.84. The molecule has 14 N–H and O–H groups in total. The van der Waals surface area contributed by atoms with Gasteiger partial charge in [-0.2, -0.15) is 11.8 Å². The van der Waals surface area contributed by atoms with Crippen LogP contribution in [-0.2, 0) is 51.2 Å². The number of carbonyl (C=O) groups excluding carboxylic acids is 7. The lowest BCUT2D eigenvalue weighted by molar-refractivity contribution is -0.145. The number of rotatable bonds is 30. The zero-order chi connectivity index (χ0) is 51.9. The molecule has 0 bridgehead atoms. The van der Waals surface area contributed by atoms with Gasteiger partial charge in [-0.25, -0.2) is 9.78 Å². The number of benzene rings is 1. The van der Waals surface area contributed by atoms with Crippen molar-refractivity contribution in [1.29, 1.82) is 0 Å². The van der Waals surface area contributed by atoms with Gasteiger partial charge in [-0.05, 0) is 80.9 Å². The first-order valence-electron chi connectivity index (χ1n) is 23.6. The molecular weight excluding hydrogens is 927 g/mol. The lowest BCUT2D eigenvalue weighted by Gasteiger charge is -2.31. The maximum absolute atomic E-state index is 14.5. The number of phenolic OH excluding ortho intramolecular Hbond substituents is 1. The fourth-order valence-corrected chi connectivity index (χ4v) is 8.58. The van der Waals surface area contributed by atoms with E-state index in [2.05, 4.69) is 52.2 Å². The largest absolute Gasteiger partial charge is 0.508 e. The highest BCUT2D eigenvalue weighted by molar-refractivity contribution is 7.99. The third-order valence-corrected chi connectivity index (χ3v) is 12.5. The standard InChI is InChI=1S/C46H73N13O10S/c1-7-18-70-24-35(41(64)55-33(21-29-22-50-25-52-29)44(67)59-17-9-11-36(59)42(65)56-34(45(68)69)19-26(2)3)57-40(63)32(20-28-12-14-30(60)15-13-28)54-43(66)38(27(4)5)58-39(62)31(53-37(61)23-49-6)10-8-16-51-46(47)48/h12-15,22,25-27,31-36,38,49,60H,7-11,16-21,23-24H2,1-6H3,(H,50,52)(H,53,61)(H,54,66)(H,55,64)(H,56,65)(H,57,63)(H,58,62)(H,68,69)(H4,47,48,51)/t31-,32-,33-,34-,35-,36-,38-/m0/s1. The molecule has 1 aliphatic rings. The molecule has 3 rings (SSSR count). The van der Waals surface area contributed by atoms with E-state index >= 15 is 0 Å². The fraction of sp³-hybridized carbons (Fsp3) is 0.609. The molecule has 0 radical (unpaired) electrons. The number of aliphatic imine (C=N–C) groups is 1. The van der Waals surface area contributed by atoms with E-state index in [1.807, 2.05) is 20.8 Å². The van der Waals surface area contributed by atoms with Crippen LogP contribution in [-0.4, -0.2) is 159 Å². The van der Waals surface area contributed by atoms with Gasteiger partial charge in [0.1, 0.15) is 48.0 Å². The molecule has 1 saturated heterocycles. The number of carboxylic acid groups (broad SMARTS) is 1. The first-order chi connectivity index (χ1) is 33.2. The van der Waals surface area contributed by atoms with E-state index in [1.54, 1.807) is 33.0 Å². The third-order valence-electron chi connectivity index (χ3n) is 11.2. The van der Waals surface area contributed by atoms with Gasteiger partial charge in [0.05, 0.1) is 12.9 Å². The number of aromatic nitrogens is 2. The number of hydrogen-bond acceptors (Lipinski definition) is 13. The Bertz CT molecular complexity index is 2070. The molecule has 1 aliphatic heterocycles. The van der Waals surface area contributed by atoms with E-state index < -0.39 is 95.5 Å². The Hall–Kier alpha value is -6.43. The summed E-state index contributed by atoms with van der Waals surface area (Å²) in [7, 11) is 1.57. The lowest BCUT2D eigenvalue weighted by atomic mass is 10.00. The first-order valence-corrected chi connectivity index (χ1v) is 24.8. The number of nitrogens with zero attached hydrogens (tertiary/aromatic N) is 3. The van der Waals surface area contributed by atoms with Gasteiger partial charge in [0, 0.05) is 43.6 Å². The Balaban J connectivity index is 1.93. The summed E-state index contributed by atoms with van der Waals surface area (Å²) in [5, 5.41) is 38.8. The molecule has 7 atom stereocenters. The predicted octanol–water partition coefficient (Wildman–Crippen LogP) is -0.997. The zero-order valence-electron chi connectivity index (χ0n) is 40.9. The first kappa shape index (κ1) is 57.9. The summed E-state index contributed by atoms with van der Waals surface area (Å²) in [6.07, 6.45) is 4.80. The molecule has 2 aromatic rings. The molecule has 7 amide bonds. The van der Waals surface area contributed by atoms with Gasteiger partial charge in [-0.3, -0.25) is 38.6 Å². The molecule has 1 aromatic carbocycles. The molecule has 1 aromatic heterocycles. The molecule has 388 valence electrons. The third kappa shape index (κ3) is 19.5. The zero-order valence-corrected chi connectivity index (χ0v) is 41.7. The topological polar surface area (TPSA) is 358 Å².